The molecule has 0 bridgehead atoms. The Morgan fingerprint density at radius 1 is 0.378 bits per heavy atom. The summed E-state index contributed by atoms with van der Waals surface area (Å²) in [5.74, 6) is 0.181. The highest BCUT2D eigenvalue weighted by atomic mass is 16.3. The van der Waals surface area contributed by atoms with Crippen LogP contribution in [0.1, 0.15) is 79.5 Å². The van der Waals surface area contributed by atoms with E-state index < -0.39 is 0 Å². The molecule has 1 unspecified atom stereocenters. The van der Waals surface area contributed by atoms with Crippen molar-refractivity contribution in [1.82, 2.24) is 0 Å². The molecule has 0 saturated carbocycles. The quantitative estimate of drug-likeness (QED) is 0.144. The minimum Gasteiger partial charge on any atom is -0.454 e. The van der Waals surface area contributed by atoms with Gasteiger partial charge in [-0.3, -0.25) is 0 Å². The number of para-hydroxylation sites is 3. The first-order valence-electron chi connectivity index (χ1n) is 28.9. The van der Waals surface area contributed by atoms with Gasteiger partial charge in [0.1, 0.15) is 11.2 Å². The van der Waals surface area contributed by atoms with Gasteiger partial charge in [-0.15, -0.1) is 0 Å². The smallest absolute Gasteiger partial charge is 0.159 e. The summed E-state index contributed by atoms with van der Waals surface area (Å²) >= 11 is 0. The van der Waals surface area contributed by atoms with Crippen LogP contribution in [0, 0.1) is 6.92 Å². The topological polar surface area (TPSA) is 32.8 Å². The van der Waals surface area contributed by atoms with Crippen molar-refractivity contribution in [2.75, 3.05) is 9.80 Å². The Balaban J connectivity index is 0.801. The number of fused-ring (bicyclic) bond motifs is 16. The summed E-state index contributed by atoms with van der Waals surface area (Å²) in [6.07, 6.45) is 0.820. The predicted molar refractivity (Wildman–Crippen MR) is 344 cm³/mol. The fourth-order valence-corrected chi connectivity index (χ4v) is 14.6. The molecular formula is C78H60N2O2. The molecule has 394 valence electrons. The summed E-state index contributed by atoms with van der Waals surface area (Å²) in [5.41, 5.74) is 23.8. The third-order valence-electron chi connectivity index (χ3n) is 18.5. The lowest BCUT2D eigenvalue weighted by Gasteiger charge is -2.29. The normalized spacial score (nSPS) is 14.2. The van der Waals surface area contributed by atoms with Gasteiger partial charge in [-0.05, 0) is 181 Å². The van der Waals surface area contributed by atoms with Gasteiger partial charge >= 0.3 is 0 Å². The van der Waals surface area contributed by atoms with Gasteiger partial charge in [0.2, 0.25) is 0 Å². The van der Waals surface area contributed by atoms with Crippen LogP contribution in [0.25, 0.3) is 87.7 Å². The Kier molecular flexibility index (Phi) is 10.6. The lowest BCUT2D eigenvalue weighted by Crippen LogP contribution is -2.17. The Hall–Kier alpha value is -9.64. The molecule has 0 fully saturated rings. The number of anilines is 6. The van der Waals surface area contributed by atoms with E-state index in [4.69, 9.17) is 8.83 Å². The highest BCUT2D eigenvalue weighted by molar-refractivity contribution is 6.12. The van der Waals surface area contributed by atoms with E-state index in [-0.39, 0.29) is 16.7 Å². The van der Waals surface area contributed by atoms with Crippen LogP contribution in [-0.2, 0) is 17.3 Å². The molecule has 0 spiro atoms. The van der Waals surface area contributed by atoms with Crippen molar-refractivity contribution in [3.63, 3.8) is 0 Å². The molecule has 0 radical (unpaired) electrons. The van der Waals surface area contributed by atoms with Gasteiger partial charge in [-0.25, -0.2) is 0 Å². The zero-order chi connectivity index (χ0) is 55.2. The van der Waals surface area contributed by atoms with E-state index in [0.29, 0.717) is 0 Å². The van der Waals surface area contributed by atoms with Crippen LogP contribution in [0.3, 0.4) is 0 Å². The zero-order valence-electron chi connectivity index (χ0n) is 47.0. The van der Waals surface area contributed by atoms with E-state index in [1.165, 1.54) is 82.7 Å². The molecule has 12 aromatic carbocycles. The minimum absolute atomic E-state index is 0.181. The van der Waals surface area contributed by atoms with Crippen molar-refractivity contribution >= 4 is 99.5 Å². The van der Waals surface area contributed by atoms with E-state index >= 15 is 0 Å². The largest absolute Gasteiger partial charge is 0.454 e. The maximum absolute atomic E-state index is 6.98. The summed E-state index contributed by atoms with van der Waals surface area (Å²) in [6.45, 7) is 14.1. The fraction of sp³-hybridized carbons (Fsp3) is 0.128. The predicted octanol–water partition coefficient (Wildman–Crippen LogP) is 22.0. The summed E-state index contributed by atoms with van der Waals surface area (Å²) in [6, 6.07) is 87.4. The molecule has 82 heavy (non-hydrogen) atoms. The van der Waals surface area contributed by atoms with Crippen molar-refractivity contribution in [3.05, 3.63) is 276 Å². The maximum Gasteiger partial charge on any atom is 0.159 e. The number of hydrogen-bond acceptors (Lipinski definition) is 4. The van der Waals surface area contributed by atoms with E-state index in [0.717, 1.165) is 84.4 Å². The van der Waals surface area contributed by atoms with Gasteiger partial charge in [0, 0.05) is 55.1 Å². The summed E-state index contributed by atoms with van der Waals surface area (Å²) in [7, 11) is 0. The van der Waals surface area contributed by atoms with Crippen LogP contribution < -0.4 is 9.80 Å². The Labute approximate surface area is 478 Å². The molecule has 16 rings (SSSR count). The zero-order valence-corrected chi connectivity index (χ0v) is 47.0. The first-order valence-corrected chi connectivity index (χ1v) is 28.9. The molecule has 0 N–H and O–H groups in total. The lowest BCUT2D eigenvalue weighted by molar-refractivity contribution is 0.665. The standard InChI is InChI=1S/C78H60N2O2/c1-47-17-15-20-54(41-47)80(56-36-40-60-64-38-32-52-19-8-10-22-58(52)74(64)78(5,6)68(60)46-56)70-44-49(43-66-62-24-12-14-28-72(62)82-76(66)70)42-48(2)50-29-33-53(34-30-50)79(69-26-16-25-65-61-23-11-13-27-71(61)81-75(65)69)55-35-39-59-63-37-31-51-18-7-9-21-57(51)73(63)77(3,4)67(59)45-55/h7-41,43-46,48H,42H2,1-6H3. The SMILES string of the molecule is Cc1cccc(N(c2ccc3c(c2)C(C)(C)c2c-3ccc3ccccc23)c2cc(CC(C)c3ccc(N(c4ccc5c(c4)C(C)(C)c4c-5ccc5ccccc45)c4cccc5c4oc4ccccc45)cc3)cc3c2oc2ccccc23)c1. The van der Waals surface area contributed by atoms with E-state index in [1.54, 1.807) is 0 Å². The fourth-order valence-electron chi connectivity index (χ4n) is 14.6. The Morgan fingerprint density at radius 2 is 0.854 bits per heavy atom. The van der Waals surface area contributed by atoms with Gasteiger partial charge in [0.25, 0.3) is 0 Å². The van der Waals surface area contributed by atoms with Crippen LogP contribution in [0.15, 0.2) is 245 Å². The van der Waals surface area contributed by atoms with Crippen LogP contribution >= 0.6 is 0 Å². The van der Waals surface area contributed by atoms with Crippen LogP contribution in [0.4, 0.5) is 34.1 Å². The summed E-state index contributed by atoms with van der Waals surface area (Å²) < 4.78 is 13.8. The number of aryl methyl sites for hydroxylation is 1. The first-order chi connectivity index (χ1) is 40.0. The Morgan fingerprint density at radius 3 is 1.45 bits per heavy atom. The monoisotopic (exact) mass is 1060 g/mol. The molecule has 0 amide bonds. The molecule has 2 aromatic heterocycles. The average molecular weight is 1060 g/mol. The highest BCUT2D eigenvalue weighted by Crippen LogP contribution is 2.56. The van der Waals surface area contributed by atoms with Gasteiger partial charge in [0.05, 0.1) is 11.4 Å². The average Bonchev–Trinajstić information content (AvgIpc) is 2.59. The number of benzene rings is 12. The Bertz CT molecular complexity index is 4950. The molecule has 2 heterocycles. The second-order valence-electron chi connectivity index (χ2n) is 24.2. The first kappa shape index (κ1) is 48.3. The van der Waals surface area contributed by atoms with Crippen LogP contribution in [0.5, 0.6) is 0 Å². The number of rotatable bonds is 9. The van der Waals surface area contributed by atoms with E-state index in [1.807, 2.05) is 0 Å². The summed E-state index contributed by atoms with van der Waals surface area (Å²) in [5, 5.41) is 9.64. The molecule has 0 saturated heterocycles. The van der Waals surface area contributed by atoms with Crippen molar-refractivity contribution < 1.29 is 8.83 Å². The molecule has 1 atom stereocenters. The lowest BCUT2D eigenvalue weighted by atomic mass is 9.80. The minimum atomic E-state index is -0.223. The molecule has 2 aliphatic rings. The van der Waals surface area contributed by atoms with Crippen molar-refractivity contribution in [3.8, 4) is 22.3 Å². The second-order valence-corrected chi connectivity index (χ2v) is 24.2. The number of hydrogen-bond donors (Lipinski definition) is 0. The molecule has 14 aromatic rings. The molecular weight excluding hydrogens is 997 g/mol. The van der Waals surface area contributed by atoms with Gasteiger partial charge < -0.3 is 18.6 Å². The molecule has 0 aliphatic heterocycles. The van der Waals surface area contributed by atoms with Crippen molar-refractivity contribution in [1.29, 1.82) is 0 Å². The van der Waals surface area contributed by atoms with Crippen molar-refractivity contribution in [2.45, 2.75) is 64.7 Å². The number of furan rings is 2. The van der Waals surface area contributed by atoms with Crippen LogP contribution in [0.2, 0.25) is 0 Å². The molecule has 4 nitrogen and oxygen atoms in total. The van der Waals surface area contributed by atoms with E-state index in [2.05, 4.69) is 288 Å². The van der Waals surface area contributed by atoms with Crippen molar-refractivity contribution in [2.24, 2.45) is 0 Å². The maximum atomic E-state index is 6.98. The van der Waals surface area contributed by atoms with E-state index in [9.17, 15) is 0 Å². The van der Waals surface area contributed by atoms with Gasteiger partial charge in [-0.1, -0.05) is 192 Å². The molecule has 2 aliphatic carbocycles. The summed E-state index contributed by atoms with van der Waals surface area (Å²) in [4.78, 5) is 4.85. The second kappa shape index (κ2) is 17.9. The third kappa shape index (κ3) is 7.23. The van der Waals surface area contributed by atoms with Gasteiger partial charge in [0.15, 0.2) is 11.2 Å². The third-order valence-corrected chi connectivity index (χ3v) is 18.5. The number of nitrogens with zero attached hydrogens (tertiary/aromatic N) is 2. The van der Waals surface area contributed by atoms with Gasteiger partial charge in [-0.2, -0.15) is 0 Å². The highest BCUT2D eigenvalue weighted by Gasteiger charge is 2.39. The molecule has 4 heteroatoms. The van der Waals surface area contributed by atoms with Crippen LogP contribution in [-0.4, -0.2) is 0 Å².